The maximum absolute atomic E-state index is 12.1. The minimum atomic E-state index is -3.36. The van der Waals surface area contributed by atoms with Crippen molar-refractivity contribution in [1.82, 2.24) is 4.72 Å². The van der Waals surface area contributed by atoms with Crippen molar-refractivity contribution in [3.8, 4) is 11.8 Å². The second kappa shape index (κ2) is 6.40. The first-order chi connectivity index (χ1) is 9.17. The third-order valence-electron chi connectivity index (χ3n) is 2.88. The fraction of sp³-hybridized carbons (Fsp3) is 0.467. The number of sulfonamides is 1. The van der Waals surface area contributed by atoms with E-state index in [1.807, 2.05) is 31.2 Å². The lowest BCUT2D eigenvalue weighted by atomic mass is 10.1. The smallest absolute Gasteiger partial charge is 0.217 e. The lowest BCUT2D eigenvalue weighted by Crippen LogP contribution is -2.40. The number of nitrogens with two attached hydrogens (primary N) is 1. The van der Waals surface area contributed by atoms with Gasteiger partial charge in [-0.3, -0.25) is 0 Å². The summed E-state index contributed by atoms with van der Waals surface area (Å²) in [5.74, 6) is 5.71. The molecule has 0 fully saturated rings. The monoisotopic (exact) mass is 294 g/mol. The Balaban J connectivity index is 2.86. The number of nitrogens with one attached hydrogen (secondary N) is 1. The molecule has 0 amide bonds. The minimum absolute atomic E-state index is 0.282. The molecule has 0 aliphatic carbocycles. The first-order valence-electron chi connectivity index (χ1n) is 6.48. The third-order valence-corrected chi connectivity index (χ3v) is 5.16. The van der Waals surface area contributed by atoms with Gasteiger partial charge in [-0.25, -0.2) is 13.1 Å². The van der Waals surface area contributed by atoms with E-state index in [0.29, 0.717) is 6.54 Å². The molecule has 1 rings (SSSR count). The van der Waals surface area contributed by atoms with E-state index in [9.17, 15) is 8.42 Å². The van der Waals surface area contributed by atoms with E-state index in [4.69, 9.17) is 5.73 Å². The van der Waals surface area contributed by atoms with Gasteiger partial charge in [0.25, 0.3) is 0 Å². The molecule has 4 nitrogen and oxygen atoms in total. The number of hydrogen-bond donors (Lipinski definition) is 2. The number of benzene rings is 1. The van der Waals surface area contributed by atoms with Gasteiger partial charge in [-0.1, -0.05) is 24.0 Å². The Morgan fingerprint density at radius 1 is 1.25 bits per heavy atom. The van der Waals surface area contributed by atoms with Gasteiger partial charge in [-0.15, -0.1) is 0 Å². The fourth-order valence-corrected chi connectivity index (χ4v) is 2.44. The van der Waals surface area contributed by atoms with Gasteiger partial charge in [0.15, 0.2) is 0 Å². The second-order valence-electron chi connectivity index (χ2n) is 5.58. The molecule has 3 N–H and O–H groups in total. The quantitative estimate of drug-likeness (QED) is 0.835. The largest absolute Gasteiger partial charge is 0.320 e. The van der Waals surface area contributed by atoms with Crippen LogP contribution in [0.15, 0.2) is 24.3 Å². The molecular formula is C15H22N2O2S. The van der Waals surface area contributed by atoms with Gasteiger partial charge in [0, 0.05) is 11.6 Å². The van der Waals surface area contributed by atoms with E-state index in [1.165, 1.54) is 0 Å². The molecule has 1 unspecified atom stereocenters. The highest BCUT2D eigenvalue weighted by Crippen LogP contribution is 2.19. The Labute approximate surface area is 121 Å². The maximum Gasteiger partial charge on any atom is 0.217 e. The van der Waals surface area contributed by atoms with Gasteiger partial charge in [-0.05, 0) is 45.4 Å². The van der Waals surface area contributed by atoms with Crippen LogP contribution in [0.25, 0.3) is 0 Å². The summed E-state index contributed by atoms with van der Waals surface area (Å²) >= 11 is 0. The van der Waals surface area contributed by atoms with Crippen molar-refractivity contribution in [2.75, 3.05) is 6.54 Å². The zero-order valence-electron chi connectivity index (χ0n) is 12.4. The average Bonchev–Trinajstić information content (AvgIpc) is 2.35. The van der Waals surface area contributed by atoms with Crippen molar-refractivity contribution < 1.29 is 8.42 Å². The van der Waals surface area contributed by atoms with Gasteiger partial charge in [0.2, 0.25) is 10.0 Å². The van der Waals surface area contributed by atoms with Crippen LogP contribution in [0.3, 0.4) is 0 Å². The first kappa shape index (κ1) is 16.7. The van der Waals surface area contributed by atoms with Gasteiger partial charge in [0.05, 0.1) is 11.3 Å². The Morgan fingerprint density at radius 2 is 1.80 bits per heavy atom. The molecule has 0 heterocycles. The molecule has 0 radical (unpaired) electrons. The molecule has 110 valence electrons. The van der Waals surface area contributed by atoms with Crippen LogP contribution < -0.4 is 10.5 Å². The van der Waals surface area contributed by atoms with E-state index in [-0.39, 0.29) is 6.04 Å². The van der Waals surface area contributed by atoms with Crippen LogP contribution in [-0.2, 0) is 10.0 Å². The summed E-state index contributed by atoms with van der Waals surface area (Å²) in [6.45, 7) is 7.17. The number of hydrogen-bond acceptors (Lipinski definition) is 3. The molecular weight excluding hydrogens is 272 g/mol. The summed E-state index contributed by atoms with van der Waals surface area (Å²) in [6, 6.07) is 7.18. The van der Waals surface area contributed by atoms with Crippen LogP contribution in [0.2, 0.25) is 0 Å². The number of rotatable bonds is 3. The van der Waals surface area contributed by atoms with Crippen LogP contribution >= 0.6 is 0 Å². The standard InChI is InChI=1S/C15H22N2O2S/c1-12(17-20(18,19)15(2,3)4)14-9-7-13(8-10-14)6-5-11-16/h7-10,12,17H,11,16H2,1-4H3. The summed E-state index contributed by atoms with van der Waals surface area (Å²) in [7, 11) is -3.36. The SMILES string of the molecule is CC(NS(=O)(=O)C(C)(C)C)c1ccc(C#CCN)cc1. The van der Waals surface area contributed by atoms with Crippen molar-refractivity contribution in [2.45, 2.75) is 38.5 Å². The van der Waals surface area contributed by atoms with Crippen LogP contribution in [0.5, 0.6) is 0 Å². The van der Waals surface area contributed by atoms with E-state index < -0.39 is 14.8 Å². The predicted octanol–water partition coefficient (Wildman–Crippen LogP) is 1.78. The molecule has 0 saturated carbocycles. The van der Waals surface area contributed by atoms with Gasteiger partial charge >= 0.3 is 0 Å². The lowest BCUT2D eigenvalue weighted by molar-refractivity contribution is 0.532. The molecule has 1 atom stereocenters. The molecule has 20 heavy (non-hydrogen) atoms. The van der Waals surface area contributed by atoms with E-state index in [0.717, 1.165) is 11.1 Å². The first-order valence-corrected chi connectivity index (χ1v) is 7.96. The highest BCUT2D eigenvalue weighted by Gasteiger charge is 2.30. The molecule has 0 saturated heterocycles. The van der Waals surface area contributed by atoms with Crippen molar-refractivity contribution in [2.24, 2.45) is 5.73 Å². The fourth-order valence-electron chi connectivity index (χ4n) is 1.49. The topological polar surface area (TPSA) is 72.2 Å². The van der Waals surface area contributed by atoms with Crippen LogP contribution in [0, 0.1) is 11.8 Å². The minimum Gasteiger partial charge on any atom is -0.320 e. The average molecular weight is 294 g/mol. The lowest BCUT2D eigenvalue weighted by Gasteiger charge is -2.23. The second-order valence-corrected chi connectivity index (χ2v) is 8.05. The maximum atomic E-state index is 12.1. The van der Waals surface area contributed by atoms with Gasteiger partial charge in [0.1, 0.15) is 0 Å². The summed E-state index contributed by atoms with van der Waals surface area (Å²) in [4.78, 5) is 0. The Morgan fingerprint density at radius 3 is 2.25 bits per heavy atom. The zero-order valence-corrected chi connectivity index (χ0v) is 13.2. The molecule has 0 aliphatic heterocycles. The van der Waals surface area contributed by atoms with E-state index in [2.05, 4.69) is 16.6 Å². The van der Waals surface area contributed by atoms with Crippen molar-refractivity contribution in [3.63, 3.8) is 0 Å². The Bertz CT molecular complexity index is 602. The summed E-state index contributed by atoms with van der Waals surface area (Å²) in [5, 5.41) is 0. The summed E-state index contributed by atoms with van der Waals surface area (Å²) in [5.41, 5.74) is 7.08. The normalized spacial score (nSPS) is 13.4. The Hall–Kier alpha value is -1.35. The van der Waals surface area contributed by atoms with Crippen LogP contribution in [0.1, 0.15) is 44.9 Å². The molecule has 0 aliphatic rings. The van der Waals surface area contributed by atoms with Crippen LogP contribution in [0.4, 0.5) is 0 Å². The summed E-state index contributed by atoms with van der Waals surface area (Å²) in [6.07, 6.45) is 0. The molecule has 1 aromatic carbocycles. The highest BCUT2D eigenvalue weighted by molar-refractivity contribution is 7.90. The van der Waals surface area contributed by atoms with E-state index in [1.54, 1.807) is 20.8 Å². The third kappa shape index (κ3) is 4.34. The Kier molecular flexibility index (Phi) is 5.35. The zero-order chi connectivity index (χ0) is 15.4. The molecule has 1 aromatic rings. The summed E-state index contributed by atoms with van der Waals surface area (Å²) < 4.78 is 26.1. The van der Waals surface area contributed by atoms with E-state index >= 15 is 0 Å². The van der Waals surface area contributed by atoms with Crippen molar-refractivity contribution in [1.29, 1.82) is 0 Å². The van der Waals surface area contributed by atoms with Gasteiger partial charge in [-0.2, -0.15) is 0 Å². The van der Waals surface area contributed by atoms with Crippen molar-refractivity contribution in [3.05, 3.63) is 35.4 Å². The van der Waals surface area contributed by atoms with Crippen LogP contribution in [-0.4, -0.2) is 19.7 Å². The molecule has 0 aromatic heterocycles. The molecule has 0 spiro atoms. The van der Waals surface area contributed by atoms with Crippen molar-refractivity contribution >= 4 is 10.0 Å². The predicted molar refractivity (Wildman–Crippen MR) is 82.6 cm³/mol. The molecule has 0 bridgehead atoms. The molecule has 5 heteroatoms. The highest BCUT2D eigenvalue weighted by atomic mass is 32.2. The van der Waals surface area contributed by atoms with Gasteiger partial charge < -0.3 is 5.73 Å².